The molecule has 0 spiro atoms. The van der Waals surface area contributed by atoms with E-state index in [-0.39, 0.29) is 18.0 Å². The first-order chi connectivity index (χ1) is 10.0. The van der Waals surface area contributed by atoms with Gasteiger partial charge in [0.05, 0.1) is 11.5 Å². The van der Waals surface area contributed by atoms with Crippen molar-refractivity contribution >= 4 is 32.7 Å². The molecule has 0 fully saturated rings. The van der Waals surface area contributed by atoms with Gasteiger partial charge in [0.25, 0.3) is 5.69 Å². The molecule has 1 aromatic carbocycles. The highest BCUT2D eigenvalue weighted by atomic mass is 32.2. The Hall–Kier alpha value is -2.00. The minimum atomic E-state index is -0.947. The molecule has 1 aromatic rings. The van der Waals surface area contributed by atoms with Crippen LogP contribution in [0.15, 0.2) is 18.2 Å². The van der Waals surface area contributed by atoms with Crippen molar-refractivity contribution in [3.05, 3.63) is 34.1 Å². The molecule has 2 rings (SSSR count). The van der Waals surface area contributed by atoms with E-state index >= 15 is 0 Å². The summed E-state index contributed by atoms with van der Waals surface area (Å²) in [6.45, 7) is 2.44. The number of nitro groups is 1. The number of anilines is 1. The zero-order valence-electron chi connectivity index (χ0n) is 11.2. The zero-order valence-corrected chi connectivity index (χ0v) is 12.1. The number of hydrogen-bond donors (Lipinski definition) is 1. The molecule has 1 aliphatic heterocycles. The minimum absolute atomic E-state index is 0.0112. The van der Waals surface area contributed by atoms with Gasteiger partial charge < -0.3 is 10.2 Å². The maximum Gasteiger partial charge on any atom is 0.376 e. The summed E-state index contributed by atoms with van der Waals surface area (Å²) < 4.78 is 19.8. The Kier molecular flexibility index (Phi) is 4.86. The largest absolute Gasteiger partial charge is 0.457 e. The summed E-state index contributed by atoms with van der Waals surface area (Å²) in [6.07, 6.45) is 0.637. The molecule has 0 amide bonds. The first-order valence-corrected chi connectivity index (χ1v) is 7.49. The molecule has 1 aliphatic rings. The fourth-order valence-electron chi connectivity index (χ4n) is 1.80. The van der Waals surface area contributed by atoms with Crippen molar-refractivity contribution in [2.45, 2.75) is 13.3 Å². The first kappa shape index (κ1) is 15.4. The van der Waals surface area contributed by atoms with E-state index in [4.69, 9.17) is 4.74 Å². The molecule has 9 heteroatoms. The van der Waals surface area contributed by atoms with E-state index in [1.807, 2.05) is 0 Å². The van der Waals surface area contributed by atoms with Gasteiger partial charge in [0, 0.05) is 29.3 Å². The van der Waals surface area contributed by atoms with Gasteiger partial charge in [0.1, 0.15) is 11.5 Å². The molecule has 0 saturated carbocycles. The van der Waals surface area contributed by atoms with Crippen LogP contribution in [0.5, 0.6) is 0 Å². The predicted molar refractivity (Wildman–Crippen MR) is 78.7 cm³/mol. The molecule has 0 saturated heterocycles. The van der Waals surface area contributed by atoms with E-state index in [2.05, 4.69) is 5.43 Å². The molecule has 1 heterocycles. The summed E-state index contributed by atoms with van der Waals surface area (Å²) >= 11 is 0. The molecule has 0 aromatic heterocycles. The number of nitro benzene ring substituents is 1. The molecule has 114 valence electrons. The topological polar surface area (TPSA) is 84.7 Å². The highest BCUT2D eigenvalue weighted by Crippen LogP contribution is 2.32. The molecule has 1 N–H and O–H groups in total. The number of ether oxygens (including phenoxy) is 1. The van der Waals surface area contributed by atoms with Crippen molar-refractivity contribution in [3.63, 3.8) is 0 Å². The lowest BCUT2D eigenvalue weighted by Gasteiger charge is -2.21. The van der Waals surface area contributed by atoms with Crippen LogP contribution >= 0.6 is 10.7 Å². The Labute approximate surface area is 122 Å². The van der Waals surface area contributed by atoms with Gasteiger partial charge in [-0.2, -0.15) is 4.41 Å². The minimum Gasteiger partial charge on any atom is -0.457 e. The van der Waals surface area contributed by atoms with Crippen LogP contribution in [0.4, 0.5) is 20.6 Å². The summed E-state index contributed by atoms with van der Waals surface area (Å²) in [4.78, 5) is 22.1. The molecule has 0 bridgehead atoms. The van der Waals surface area contributed by atoms with Gasteiger partial charge in [-0.15, -0.1) is 0 Å². The first-order valence-electron chi connectivity index (χ1n) is 6.24. The number of rotatable bonds is 4. The van der Waals surface area contributed by atoms with E-state index in [1.54, 1.807) is 12.3 Å². The lowest BCUT2D eigenvalue weighted by molar-refractivity contribution is -0.384. The number of nitrogens with one attached hydrogen (secondary N) is 1. The predicted octanol–water partition coefficient (Wildman–Crippen LogP) is 2.91. The average Bonchev–Trinajstić information content (AvgIpc) is 2.87. The summed E-state index contributed by atoms with van der Waals surface area (Å²) in [5.41, 5.74) is 2.51. The smallest absolute Gasteiger partial charge is 0.376 e. The van der Waals surface area contributed by atoms with Gasteiger partial charge in [0.2, 0.25) is 0 Å². The Balaban J connectivity index is 2.22. The molecule has 0 aliphatic carbocycles. The van der Waals surface area contributed by atoms with Crippen LogP contribution in [0.25, 0.3) is 0 Å². The van der Waals surface area contributed by atoms with E-state index in [0.717, 1.165) is 18.2 Å². The van der Waals surface area contributed by atoms with Gasteiger partial charge in [-0.25, -0.2) is 9.18 Å². The standard InChI is InChI=1S/C12H14FN3O4S/c1-2-20-12(17)21-7-3-6-15(21)14-10-8-9(13)4-5-11(10)16(18)19/h4-5,7-8,14H,2-3,6H2,1H3. The monoisotopic (exact) mass is 315 g/mol. The third-order valence-electron chi connectivity index (χ3n) is 2.68. The summed E-state index contributed by atoms with van der Waals surface area (Å²) in [7, 11) is -0.947. The third-order valence-corrected chi connectivity index (χ3v) is 4.44. The summed E-state index contributed by atoms with van der Waals surface area (Å²) in [5, 5.41) is 12.3. The van der Waals surface area contributed by atoms with Crippen LogP contribution in [0, 0.1) is 15.9 Å². The summed E-state index contributed by atoms with van der Waals surface area (Å²) in [6, 6.07) is 3.13. The van der Waals surface area contributed by atoms with E-state index in [0.29, 0.717) is 13.0 Å². The number of carbonyl (C=O) groups is 1. The molecular weight excluding hydrogens is 301 g/mol. The quantitative estimate of drug-likeness (QED) is 0.398. The number of carbonyl (C=O) groups excluding carboxylic acids is 1. The van der Waals surface area contributed by atoms with Gasteiger partial charge in [-0.3, -0.25) is 10.1 Å². The van der Waals surface area contributed by atoms with Crippen LogP contribution in [0.2, 0.25) is 0 Å². The van der Waals surface area contributed by atoms with Gasteiger partial charge >= 0.3 is 5.30 Å². The number of nitrogens with zero attached hydrogens (tertiary/aromatic N) is 2. The maximum absolute atomic E-state index is 13.3. The number of benzene rings is 1. The van der Waals surface area contributed by atoms with Crippen molar-refractivity contribution < 1.29 is 18.8 Å². The number of hydrazine groups is 1. The molecule has 1 atom stereocenters. The molecular formula is C12H14FN3O4S. The highest BCUT2D eigenvalue weighted by molar-refractivity contribution is 8.25. The summed E-state index contributed by atoms with van der Waals surface area (Å²) in [5.74, 6) is -0.595. The van der Waals surface area contributed by atoms with Crippen LogP contribution in [0.1, 0.15) is 13.3 Å². The van der Waals surface area contributed by atoms with Crippen molar-refractivity contribution in [1.82, 2.24) is 4.41 Å². The van der Waals surface area contributed by atoms with Crippen molar-refractivity contribution in [3.8, 4) is 0 Å². The number of halogens is 1. The van der Waals surface area contributed by atoms with Gasteiger partial charge in [-0.05, 0) is 24.8 Å². The Morgan fingerprint density at radius 3 is 3.05 bits per heavy atom. The van der Waals surface area contributed by atoms with Crippen molar-refractivity contribution in [2.24, 2.45) is 0 Å². The third kappa shape index (κ3) is 3.56. The van der Waals surface area contributed by atoms with Crippen molar-refractivity contribution in [2.75, 3.05) is 18.6 Å². The lowest BCUT2D eigenvalue weighted by atomic mass is 10.2. The van der Waals surface area contributed by atoms with Crippen LogP contribution in [-0.4, -0.2) is 33.2 Å². The van der Waals surface area contributed by atoms with Gasteiger partial charge in [0.15, 0.2) is 0 Å². The van der Waals surface area contributed by atoms with Crippen LogP contribution in [0.3, 0.4) is 0 Å². The van der Waals surface area contributed by atoms with Crippen LogP contribution < -0.4 is 5.43 Å². The van der Waals surface area contributed by atoms with Crippen molar-refractivity contribution in [1.29, 1.82) is 0 Å². The fraction of sp³-hybridized carbons (Fsp3) is 0.333. The Bertz CT molecular complexity index is 608. The van der Waals surface area contributed by atoms with Crippen LogP contribution in [-0.2, 0) is 4.74 Å². The molecule has 21 heavy (non-hydrogen) atoms. The normalized spacial score (nSPS) is 18.1. The number of hydrogen-bond acceptors (Lipinski definition) is 6. The second-order valence-electron chi connectivity index (χ2n) is 4.09. The lowest BCUT2D eigenvalue weighted by Crippen LogP contribution is -2.25. The van der Waals surface area contributed by atoms with E-state index < -0.39 is 26.7 Å². The molecule has 0 radical (unpaired) electrons. The second-order valence-corrected chi connectivity index (χ2v) is 5.82. The molecule has 7 nitrogen and oxygen atoms in total. The highest BCUT2D eigenvalue weighted by Gasteiger charge is 2.25. The van der Waals surface area contributed by atoms with Gasteiger partial charge in [-0.1, -0.05) is 0 Å². The molecule has 1 unspecified atom stereocenters. The average molecular weight is 315 g/mol. The maximum atomic E-state index is 13.3. The Morgan fingerprint density at radius 1 is 1.62 bits per heavy atom. The van der Waals surface area contributed by atoms with E-state index in [9.17, 15) is 19.3 Å². The second kappa shape index (κ2) is 6.64. The van der Waals surface area contributed by atoms with E-state index in [1.165, 1.54) is 4.41 Å². The zero-order chi connectivity index (χ0) is 15.4. The SMILES string of the molecule is CCOC(=O)S1=CCCN1Nc1cc(F)ccc1[N+](=O)[O-]. The Morgan fingerprint density at radius 2 is 2.38 bits per heavy atom. The fourth-order valence-corrected chi connectivity index (χ4v) is 3.36.